The molecular formula is C11H22N2. The van der Waals surface area contributed by atoms with Crippen LogP contribution in [0, 0.1) is 11.8 Å². The Hall–Kier alpha value is -0.0800. The molecule has 2 saturated carbocycles. The largest absolute Gasteiger partial charge is 0.328 e. The first kappa shape index (κ1) is 9.47. The lowest BCUT2D eigenvalue weighted by Gasteiger charge is -2.10. The van der Waals surface area contributed by atoms with Gasteiger partial charge < -0.3 is 11.1 Å². The summed E-state index contributed by atoms with van der Waals surface area (Å²) in [5, 5.41) is 3.56. The molecule has 2 atom stereocenters. The molecule has 0 saturated heterocycles. The minimum Gasteiger partial charge on any atom is -0.328 e. The SMILES string of the molecule is NC1CCC(CNCCC2CC2)C1. The number of nitrogens with one attached hydrogen (secondary N) is 1. The Balaban J connectivity index is 1.47. The second kappa shape index (κ2) is 4.43. The number of rotatable bonds is 5. The van der Waals surface area contributed by atoms with Crippen LogP contribution < -0.4 is 11.1 Å². The van der Waals surface area contributed by atoms with Gasteiger partial charge in [0.1, 0.15) is 0 Å². The molecule has 0 aromatic rings. The Morgan fingerprint density at radius 1 is 1.08 bits per heavy atom. The number of hydrogen-bond acceptors (Lipinski definition) is 2. The van der Waals surface area contributed by atoms with E-state index >= 15 is 0 Å². The van der Waals surface area contributed by atoms with Crippen molar-refractivity contribution in [1.82, 2.24) is 5.32 Å². The van der Waals surface area contributed by atoms with Crippen molar-refractivity contribution in [1.29, 1.82) is 0 Å². The molecule has 76 valence electrons. The summed E-state index contributed by atoms with van der Waals surface area (Å²) in [7, 11) is 0. The van der Waals surface area contributed by atoms with E-state index in [0.29, 0.717) is 6.04 Å². The third-order valence-corrected chi connectivity index (χ3v) is 3.44. The normalized spacial score (nSPS) is 33.9. The summed E-state index contributed by atoms with van der Waals surface area (Å²) < 4.78 is 0. The van der Waals surface area contributed by atoms with Gasteiger partial charge in [-0.15, -0.1) is 0 Å². The minimum absolute atomic E-state index is 0.496. The third-order valence-electron chi connectivity index (χ3n) is 3.44. The zero-order chi connectivity index (χ0) is 9.10. The highest BCUT2D eigenvalue weighted by Gasteiger charge is 2.22. The van der Waals surface area contributed by atoms with Crippen molar-refractivity contribution >= 4 is 0 Å². The monoisotopic (exact) mass is 182 g/mol. The van der Waals surface area contributed by atoms with Gasteiger partial charge in [-0.1, -0.05) is 12.8 Å². The van der Waals surface area contributed by atoms with Gasteiger partial charge >= 0.3 is 0 Å². The van der Waals surface area contributed by atoms with Crippen molar-refractivity contribution in [2.24, 2.45) is 17.6 Å². The topological polar surface area (TPSA) is 38.0 Å². The zero-order valence-electron chi connectivity index (χ0n) is 8.47. The summed E-state index contributed by atoms with van der Waals surface area (Å²) in [5.41, 5.74) is 5.86. The molecule has 13 heavy (non-hydrogen) atoms. The van der Waals surface area contributed by atoms with Crippen molar-refractivity contribution < 1.29 is 0 Å². The van der Waals surface area contributed by atoms with Crippen LogP contribution in [0.2, 0.25) is 0 Å². The van der Waals surface area contributed by atoms with Crippen LogP contribution in [0.15, 0.2) is 0 Å². The fourth-order valence-corrected chi connectivity index (χ4v) is 2.32. The highest BCUT2D eigenvalue weighted by molar-refractivity contribution is 4.79. The van der Waals surface area contributed by atoms with Crippen LogP contribution in [-0.2, 0) is 0 Å². The highest BCUT2D eigenvalue weighted by atomic mass is 14.9. The third kappa shape index (κ3) is 3.28. The molecular weight excluding hydrogens is 160 g/mol. The average Bonchev–Trinajstić information content (AvgIpc) is 2.84. The average molecular weight is 182 g/mol. The van der Waals surface area contributed by atoms with Crippen LogP contribution in [0.5, 0.6) is 0 Å². The van der Waals surface area contributed by atoms with Crippen LogP contribution in [0.4, 0.5) is 0 Å². The van der Waals surface area contributed by atoms with E-state index in [-0.39, 0.29) is 0 Å². The Kier molecular flexibility index (Phi) is 3.23. The number of hydrogen-bond donors (Lipinski definition) is 2. The van der Waals surface area contributed by atoms with E-state index in [9.17, 15) is 0 Å². The molecule has 2 aliphatic rings. The van der Waals surface area contributed by atoms with E-state index in [1.54, 1.807) is 0 Å². The van der Waals surface area contributed by atoms with E-state index in [4.69, 9.17) is 5.73 Å². The van der Waals surface area contributed by atoms with Gasteiger partial charge in [0, 0.05) is 6.04 Å². The van der Waals surface area contributed by atoms with Crippen molar-refractivity contribution in [3.63, 3.8) is 0 Å². The summed E-state index contributed by atoms with van der Waals surface area (Å²) >= 11 is 0. The second-order valence-electron chi connectivity index (χ2n) is 4.88. The summed E-state index contributed by atoms with van der Waals surface area (Å²) in [4.78, 5) is 0. The van der Waals surface area contributed by atoms with Gasteiger partial charge in [-0.3, -0.25) is 0 Å². The zero-order valence-corrected chi connectivity index (χ0v) is 8.47. The first-order valence-corrected chi connectivity index (χ1v) is 5.81. The summed E-state index contributed by atoms with van der Waals surface area (Å²) in [6.07, 6.45) is 8.20. The maximum absolute atomic E-state index is 5.86. The molecule has 2 fully saturated rings. The van der Waals surface area contributed by atoms with Crippen LogP contribution in [0.1, 0.15) is 38.5 Å². The fraction of sp³-hybridized carbons (Fsp3) is 1.00. The van der Waals surface area contributed by atoms with Crippen LogP contribution in [-0.4, -0.2) is 19.1 Å². The standard InChI is InChI=1S/C11H22N2/c12-11-4-3-10(7-11)8-13-6-5-9-1-2-9/h9-11,13H,1-8,12H2. The van der Waals surface area contributed by atoms with Gasteiger partial charge in [-0.25, -0.2) is 0 Å². The van der Waals surface area contributed by atoms with Crippen LogP contribution >= 0.6 is 0 Å². The molecule has 0 aromatic carbocycles. The molecule has 2 heteroatoms. The van der Waals surface area contributed by atoms with Crippen LogP contribution in [0.25, 0.3) is 0 Å². The summed E-state index contributed by atoms with van der Waals surface area (Å²) in [5.74, 6) is 1.94. The van der Waals surface area contributed by atoms with E-state index in [1.807, 2.05) is 0 Å². The Morgan fingerprint density at radius 2 is 1.85 bits per heavy atom. The quantitative estimate of drug-likeness (QED) is 0.632. The second-order valence-corrected chi connectivity index (χ2v) is 4.88. The highest BCUT2D eigenvalue weighted by Crippen LogP contribution is 2.31. The van der Waals surface area contributed by atoms with Crippen molar-refractivity contribution in [3.05, 3.63) is 0 Å². The van der Waals surface area contributed by atoms with E-state index in [0.717, 1.165) is 11.8 Å². The molecule has 3 N–H and O–H groups in total. The lowest BCUT2D eigenvalue weighted by molar-refractivity contribution is 0.474. The van der Waals surface area contributed by atoms with Gasteiger partial charge in [0.15, 0.2) is 0 Å². The van der Waals surface area contributed by atoms with Gasteiger partial charge in [-0.05, 0) is 50.6 Å². The maximum Gasteiger partial charge on any atom is 0.00420 e. The first-order valence-electron chi connectivity index (χ1n) is 5.81. The van der Waals surface area contributed by atoms with Crippen molar-refractivity contribution in [2.75, 3.05) is 13.1 Å². The fourth-order valence-electron chi connectivity index (χ4n) is 2.32. The van der Waals surface area contributed by atoms with Crippen molar-refractivity contribution in [2.45, 2.75) is 44.6 Å². The molecule has 0 spiro atoms. The molecule has 0 bridgehead atoms. The smallest absolute Gasteiger partial charge is 0.00420 e. The predicted octanol–water partition coefficient (Wildman–Crippen LogP) is 1.50. The summed E-state index contributed by atoms with van der Waals surface area (Å²) in [6, 6.07) is 0.496. The van der Waals surface area contributed by atoms with Crippen molar-refractivity contribution in [3.8, 4) is 0 Å². The molecule has 0 aromatic heterocycles. The lowest BCUT2D eigenvalue weighted by Crippen LogP contribution is -2.24. The first-order chi connectivity index (χ1) is 6.34. The van der Waals surface area contributed by atoms with E-state index in [2.05, 4.69) is 5.32 Å². The molecule has 2 nitrogen and oxygen atoms in total. The van der Waals surface area contributed by atoms with Gasteiger partial charge in [0.25, 0.3) is 0 Å². The Bertz CT molecular complexity index is 154. The molecule has 0 radical (unpaired) electrons. The molecule has 2 rings (SSSR count). The maximum atomic E-state index is 5.86. The molecule has 0 aliphatic heterocycles. The van der Waals surface area contributed by atoms with Gasteiger partial charge in [-0.2, -0.15) is 0 Å². The lowest BCUT2D eigenvalue weighted by atomic mass is 10.1. The molecule has 2 unspecified atom stereocenters. The molecule has 0 amide bonds. The summed E-state index contributed by atoms with van der Waals surface area (Å²) in [6.45, 7) is 2.44. The van der Waals surface area contributed by atoms with E-state index < -0.39 is 0 Å². The minimum atomic E-state index is 0.496. The van der Waals surface area contributed by atoms with Gasteiger partial charge in [0.05, 0.1) is 0 Å². The van der Waals surface area contributed by atoms with Gasteiger partial charge in [0.2, 0.25) is 0 Å². The van der Waals surface area contributed by atoms with E-state index in [1.165, 1.54) is 51.6 Å². The van der Waals surface area contributed by atoms with Crippen LogP contribution in [0.3, 0.4) is 0 Å². The number of nitrogens with two attached hydrogens (primary N) is 1. The molecule has 2 aliphatic carbocycles. The Morgan fingerprint density at radius 3 is 2.46 bits per heavy atom. The predicted molar refractivity (Wildman–Crippen MR) is 55.5 cm³/mol. The Labute approximate surface area is 81.3 Å². The molecule has 0 heterocycles.